The number of rotatable bonds is 8. The smallest absolute Gasteiger partial charge is 0.336 e. The maximum Gasteiger partial charge on any atom is 0.336 e. The number of carboxylic acid groups (broad SMARTS) is 1. The van der Waals surface area contributed by atoms with Crippen LogP contribution in [0.3, 0.4) is 0 Å². The lowest BCUT2D eigenvalue weighted by molar-refractivity contribution is 0.0695. The van der Waals surface area contributed by atoms with Gasteiger partial charge in [-0.1, -0.05) is 6.07 Å². The zero-order valence-electron chi connectivity index (χ0n) is 18.8. The van der Waals surface area contributed by atoms with Gasteiger partial charge >= 0.3 is 5.97 Å². The van der Waals surface area contributed by atoms with Crippen molar-refractivity contribution in [3.8, 4) is 0 Å². The van der Waals surface area contributed by atoms with E-state index in [-0.39, 0.29) is 11.7 Å². The van der Waals surface area contributed by atoms with Crippen LogP contribution in [0.1, 0.15) is 69.0 Å². The van der Waals surface area contributed by atoms with Gasteiger partial charge < -0.3 is 10.0 Å². The van der Waals surface area contributed by atoms with Gasteiger partial charge in [0.2, 0.25) is 0 Å². The minimum Gasteiger partial charge on any atom is -0.478 e. The molecule has 1 fully saturated rings. The minimum atomic E-state index is -0.892. The number of carboxylic acids is 1. The molecule has 1 saturated carbocycles. The molecule has 2 aromatic carbocycles. The number of aromatic carboxylic acids is 1. The molecule has 1 heterocycles. The van der Waals surface area contributed by atoms with Gasteiger partial charge in [-0.25, -0.2) is 4.79 Å². The Morgan fingerprint density at radius 2 is 1.79 bits per heavy atom. The Morgan fingerprint density at radius 1 is 1.03 bits per heavy atom. The Kier molecular flexibility index (Phi) is 5.71. The van der Waals surface area contributed by atoms with E-state index >= 15 is 0 Å². The summed E-state index contributed by atoms with van der Waals surface area (Å²) in [4.78, 5) is 30.0. The summed E-state index contributed by atoms with van der Waals surface area (Å²) in [7, 11) is 2.06. The maximum absolute atomic E-state index is 12.3. The van der Waals surface area contributed by atoms with Crippen molar-refractivity contribution in [3.05, 3.63) is 88.7 Å². The summed E-state index contributed by atoms with van der Waals surface area (Å²) in [6.07, 6.45) is 9.03. The quantitative estimate of drug-likeness (QED) is 0.448. The van der Waals surface area contributed by atoms with Gasteiger partial charge in [-0.2, -0.15) is 0 Å². The number of Topliss-reactive ketones (excluding diaryl/α,β-unsaturated/α-hetero) is 1. The van der Waals surface area contributed by atoms with Crippen molar-refractivity contribution in [2.45, 2.75) is 44.4 Å². The number of aryl methyl sites for hydroxylation is 2. The zero-order valence-corrected chi connectivity index (χ0v) is 18.8. The molecule has 1 N–H and O–H groups in total. The van der Waals surface area contributed by atoms with Gasteiger partial charge in [-0.05, 0) is 104 Å². The summed E-state index contributed by atoms with van der Waals surface area (Å²) in [6, 6.07) is 16.2. The van der Waals surface area contributed by atoms with Gasteiger partial charge in [0.25, 0.3) is 0 Å². The van der Waals surface area contributed by atoms with Gasteiger partial charge in [-0.15, -0.1) is 0 Å². The SMILES string of the molecule is CN(c1ccc(C(=O)C2CC2)cc1)c1ccc2c(c1)CC[C@H]2CCc1cnccc1C(=O)O. The number of nitrogens with zero attached hydrogens (tertiary/aromatic N) is 2. The highest BCUT2D eigenvalue weighted by molar-refractivity contribution is 5.99. The van der Waals surface area contributed by atoms with E-state index in [1.807, 2.05) is 24.3 Å². The van der Waals surface area contributed by atoms with Crippen LogP contribution in [0.5, 0.6) is 0 Å². The molecule has 0 saturated heterocycles. The molecule has 0 bridgehead atoms. The number of hydrogen-bond donors (Lipinski definition) is 1. The Hall–Kier alpha value is -3.47. The summed E-state index contributed by atoms with van der Waals surface area (Å²) in [5, 5.41) is 9.41. The molecule has 33 heavy (non-hydrogen) atoms. The van der Waals surface area contributed by atoms with E-state index in [9.17, 15) is 14.7 Å². The number of fused-ring (bicyclic) bond motifs is 1. The van der Waals surface area contributed by atoms with Crippen molar-refractivity contribution >= 4 is 23.1 Å². The molecule has 2 aliphatic rings. The monoisotopic (exact) mass is 440 g/mol. The van der Waals surface area contributed by atoms with Gasteiger partial charge in [0.05, 0.1) is 5.56 Å². The van der Waals surface area contributed by atoms with Crippen LogP contribution < -0.4 is 4.90 Å². The highest BCUT2D eigenvalue weighted by Gasteiger charge is 2.30. The average molecular weight is 441 g/mol. The summed E-state index contributed by atoms with van der Waals surface area (Å²) in [5.74, 6) is 0.0624. The molecule has 0 amide bonds. The summed E-state index contributed by atoms with van der Waals surface area (Å²) >= 11 is 0. The van der Waals surface area contributed by atoms with Crippen molar-refractivity contribution < 1.29 is 14.7 Å². The topological polar surface area (TPSA) is 70.5 Å². The highest BCUT2D eigenvalue weighted by atomic mass is 16.4. The van der Waals surface area contributed by atoms with Crippen molar-refractivity contribution in [3.63, 3.8) is 0 Å². The van der Waals surface area contributed by atoms with Crippen LogP contribution in [-0.2, 0) is 12.8 Å². The van der Waals surface area contributed by atoms with Crippen LogP contribution in [-0.4, -0.2) is 28.9 Å². The second-order valence-corrected chi connectivity index (χ2v) is 9.24. The van der Waals surface area contributed by atoms with Gasteiger partial charge in [0, 0.05) is 42.3 Å². The third-order valence-electron chi connectivity index (χ3n) is 7.10. The third kappa shape index (κ3) is 4.40. The second-order valence-electron chi connectivity index (χ2n) is 9.24. The molecule has 0 aliphatic heterocycles. The number of benzene rings is 2. The fraction of sp³-hybridized carbons (Fsp3) is 0.321. The molecule has 2 aliphatic carbocycles. The molecule has 1 atom stereocenters. The second kappa shape index (κ2) is 8.81. The standard InChI is InChI=1S/C28H28N2O3/c1-30(23-10-8-20(9-11-23)27(31)19-4-5-19)24-12-13-25-18(2-6-21(25)16-24)3-7-22-17-29-15-14-26(22)28(32)33/h8-19H,2-7H2,1H3,(H,32,33)/t18-/m0/s1. The van der Waals surface area contributed by atoms with Gasteiger partial charge in [-0.3, -0.25) is 9.78 Å². The lowest BCUT2D eigenvalue weighted by Crippen LogP contribution is -2.10. The third-order valence-corrected chi connectivity index (χ3v) is 7.10. The fourth-order valence-corrected chi connectivity index (χ4v) is 4.94. The number of anilines is 2. The van der Waals surface area contributed by atoms with Crippen molar-refractivity contribution in [2.75, 3.05) is 11.9 Å². The van der Waals surface area contributed by atoms with E-state index in [1.54, 1.807) is 12.3 Å². The molecule has 5 nitrogen and oxygen atoms in total. The number of pyridine rings is 1. The molecule has 0 unspecified atom stereocenters. The summed E-state index contributed by atoms with van der Waals surface area (Å²) in [5.41, 5.74) is 6.91. The first-order chi connectivity index (χ1) is 16.0. The molecule has 5 heteroatoms. The minimum absolute atomic E-state index is 0.243. The fourth-order valence-electron chi connectivity index (χ4n) is 4.94. The number of aromatic nitrogens is 1. The molecule has 1 aromatic heterocycles. The van der Waals surface area contributed by atoms with E-state index in [0.717, 1.165) is 54.6 Å². The van der Waals surface area contributed by atoms with Crippen LogP contribution in [0.15, 0.2) is 60.9 Å². The molecular weight excluding hydrogens is 412 g/mol. The Balaban J connectivity index is 1.27. The van der Waals surface area contributed by atoms with E-state index in [2.05, 4.69) is 35.1 Å². The highest BCUT2D eigenvalue weighted by Crippen LogP contribution is 2.39. The van der Waals surface area contributed by atoms with Crippen molar-refractivity contribution in [2.24, 2.45) is 5.92 Å². The van der Waals surface area contributed by atoms with E-state index < -0.39 is 5.97 Å². The first-order valence-electron chi connectivity index (χ1n) is 11.7. The Bertz CT molecular complexity index is 1200. The molecule has 5 rings (SSSR count). The van der Waals surface area contributed by atoms with E-state index in [1.165, 1.54) is 17.3 Å². The lowest BCUT2D eigenvalue weighted by Gasteiger charge is -2.21. The van der Waals surface area contributed by atoms with Gasteiger partial charge in [0.1, 0.15) is 0 Å². The molecule has 168 valence electrons. The zero-order chi connectivity index (χ0) is 22.9. The first-order valence-corrected chi connectivity index (χ1v) is 11.7. The largest absolute Gasteiger partial charge is 0.478 e. The normalized spacial score (nSPS) is 16.9. The van der Waals surface area contributed by atoms with E-state index in [4.69, 9.17) is 0 Å². The molecule has 3 aromatic rings. The lowest BCUT2D eigenvalue weighted by atomic mass is 9.93. The van der Waals surface area contributed by atoms with E-state index in [0.29, 0.717) is 17.9 Å². The first kappa shape index (κ1) is 21.4. The molecular formula is C28H28N2O3. The van der Waals surface area contributed by atoms with Crippen LogP contribution >= 0.6 is 0 Å². The maximum atomic E-state index is 12.3. The molecule has 0 radical (unpaired) electrons. The van der Waals surface area contributed by atoms with Gasteiger partial charge in [0.15, 0.2) is 5.78 Å². The van der Waals surface area contributed by atoms with Crippen LogP contribution in [0, 0.1) is 5.92 Å². The number of ketones is 1. The number of hydrogen-bond acceptors (Lipinski definition) is 4. The van der Waals surface area contributed by atoms with Crippen LogP contribution in [0.25, 0.3) is 0 Å². The Labute approximate surface area is 194 Å². The average Bonchev–Trinajstić information content (AvgIpc) is 3.62. The van der Waals surface area contributed by atoms with Crippen LogP contribution in [0.4, 0.5) is 11.4 Å². The number of carbonyl (C=O) groups excluding carboxylic acids is 1. The summed E-state index contributed by atoms with van der Waals surface area (Å²) in [6.45, 7) is 0. The van der Waals surface area contributed by atoms with Crippen molar-refractivity contribution in [1.29, 1.82) is 0 Å². The molecule has 0 spiro atoms. The Morgan fingerprint density at radius 3 is 2.52 bits per heavy atom. The predicted octanol–water partition coefficient (Wildman–Crippen LogP) is 5.80. The van der Waals surface area contributed by atoms with Crippen LogP contribution in [0.2, 0.25) is 0 Å². The number of carbonyl (C=O) groups is 2. The summed E-state index contributed by atoms with van der Waals surface area (Å²) < 4.78 is 0. The van der Waals surface area contributed by atoms with Crippen molar-refractivity contribution in [1.82, 2.24) is 4.98 Å². The predicted molar refractivity (Wildman–Crippen MR) is 129 cm³/mol.